The van der Waals surface area contributed by atoms with E-state index in [2.05, 4.69) is 5.32 Å². The number of anilines is 1. The molecule has 1 saturated heterocycles. The first-order chi connectivity index (χ1) is 12.1. The zero-order chi connectivity index (χ0) is 19.5. The summed E-state index contributed by atoms with van der Waals surface area (Å²) in [7, 11) is 1.50. The quantitative estimate of drug-likeness (QED) is 0.656. The molecule has 0 atom stereocenters. The second-order valence-electron chi connectivity index (χ2n) is 7.42. The van der Waals surface area contributed by atoms with Gasteiger partial charge in [-0.25, -0.2) is 0 Å². The summed E-state index contributed by atoms with van der Waals surface area (Å²) in [6, 6.07) is 4.33. The number of rotatable bonds is 3. The Hall–Kier alpha value is -2.64. The number of carbonyl (C=O) groups excluding carboxylic acids is 2. The van der Waals surface area contributed by atoms with E-state index < -0.39 is 10.3 Å². The van der Waals surface area contributed by atoms with E-state index in [9.17, 15) is 19.7 Å². The van der Waals surface area contributed by atoms with Crippen molar-refractivity contribution in [1.82, 2.24) is 10.2 Å². The topological polar surface area (TPSA) is 95.8 Å². The molecule has 1 N–H and O–H groups in total. The lowest BCUT2D eigenvalue weighted by Gasteiger charge is -2.29. The van der Waals surface area contributed by atoms with Crippen LogP contribution < -0.4 is 10.2 Å². The number of amides is 2. The smallest absolute Gasteiger partial charge is 0.270 e. The summed E-state index contributed by atoms with van der Waals surface area (Å²) in [6.07, 6.45) is 0.770. The molecule has 26 heavy (non-hydrogen) atoms. The maximum Gasteiger partial charge on any atom is 0.270 e. The van der Waals surface area contributed by atoms with E-state index >= 15 is 0 Å². The Morgan fingerprint density at radius 3 is 2.42 bits per heavy atom. The van der Waals surface area contributed by atoms with Gasteiger partial charge >= 0.3 is 0 Å². The molecule has 2 rings (SSSR count). The van der Waals surface area contributed by atoms with Crippen molar-refractivity contribution >= 4 is 23.2 Å². The minimum Gasteiger partial charge on any atom is -0.369 e. The van der Waals surface area contributed by atoms with Gasteiger partial charge in [-0.2, -0.15) is 0 Å². The standard InChI is InChI=1S/C18H26N4O4/c1-18(2,3)17(24)21-9-5-8-20(10-11-21)15-7-6-13(22(25)26)12-14(15)16(23)19-4/h6-7,12H,5,8-11H2,1-4H3,(H,19,23). The number of nitro benzene ring substituents is 1. The molecule has 0 aromatic heterocycles. The Morgan fingerprint density at radius 2 is 1.85 bits per heavy atom. The maximum absolute atomic E-state index is 12.5. The van der Waals surface area contributed by atoms with Crippen molar-refractivity contribution in [3.8, 4) is 0 Å². The van der Waals surface area contributed by atoms with Gasteiger partial charge in [-0.3, -0.25) is 19.7 Å². The van der Waals surface area contributed by atoms with Gasteiger partial charge in [-0.05, 0) is 12.5 Å². The van der Waals surface area contributed by atoms with Crippen LogP contribution in [0, 0.1) is 15.5 Å². The summed E-state index contributed by atoms with van der Waals surface area (Å²) >= 11 is 0. The third kappa shape index (κ3) is 4.30. The van der Waals surface area contributed by atoms with Crippen molar-refractivity contribution in [2.24, 2.45) is 5.41 Å². The summed E-state index contributed by atoms with van der Waals surface area (Å²) in [5.74, 6) is -0.259. The number of benzene rings is 1. The van der Waals surface area contributed by atoms with E-state index in [0.29, 0.717) is 31.9 Å². The van der Waals surface area contributed by atoms with Gasteiger partial charge in [0.25, 0.3) is 11.6 Å². The monoisotopic (exact) mass is 362 g/mol. The first-order valence-electron chi connectivity index (χ1n) is 8.70. The van der Waals surface area contributed by atoms with E-state index in [1.165, 1.54) is 19.2 Å². The Labute approximate surface area is 153 Å². The minimum absolute atomic E-state index is 0.106. The maximum atomic E-state index is 12.5. The number of hydrogen-bond donors (Lipinski definition) is 1. The average molecular weight is 362 g/mol. The van der Waals surface area contributed by atoms with Gasteiger partial charge in [0.1, 0.15) is 0 Å². The van der Waals surface area contributed by atoms with Crippen molar-refractivity contribution in [2.75, 3.05) is 38.1 Å². The SMILES string of the molecule is CNC(=O)c1cc([N+](=O)[O-])ccc1N1CCCN(C(=O)C(C)(C)C)CC1. The van der Waals surface area contributed by atoms with Crippen molar-refractivity contribution in [3.63, 3.8) is 0 Å². The van der Waals surface area contributed by atoms with Crippen LogP contribution in [0.15, 0.2) is 18.2 Å². The molecule has 8 nitrogen and oxygen atoms in total. The second kappa shape index (κ2) is 7.72. The normalized spacial score (nSPS) is 15.4. The molecule has 8 heteroatoms. The number of nitrogens with zero attached hydrogens (tertiary/aromatic N) is 3. The highest BCUT2D eigenvalue weighted by Gasteiger charge is 2.29. The van der Waals surface area contributed by atoms with E-state index in [4.69, 9.17) is 0 Å². The molecule has 1 aliphatic heterocycles. The van der Waals surface area contributed by atoms with E-state index in [1.54, 1.807) is 6.07 Å². The molecule has 0 spiro atoms. The first-order valence-corrected chi connectivity index (χ1v) is 8.70. The lowest BCUT2D eigenvalue weighted by atomic mass is 9.94. The first kappa shape index (κ1) is 19.7. The van der Waals surface area contributed by atoms with Gasteiger partial charge in [0, 0.05) is 50.8 Å². The van der Waals surface area contributed by atoms with E-state index in [-0.39, 0.29) is 23.1 Å². The van der Waals surface area contributed by atoms with Gasteiger partial charge in [0.05, 0.1) is 16.2 Å². The Kier molecular flexibility index (Phi) is 5.84. The minimum atomic E-state index is -0.512. The Bertz CT molecular complexity index is 712. The van der Waals surface area contributed by atoms with Gasteiger partial charge in [-0.15, -0.1) is 0 Å². The molecule has 0 unspecified atom stereocenters. The van der Waals surface area contributed by atoms with Crippen molar-refractivity contribution in [3.05, 3.63) is 33.9 Å². The molecule has 0 saturated carbocycles. The summed E-state index contributed by atoms with van der Waals surface area (Å²) in [5.41, 5.74) is 0.375. The molecule has 0 bridgehead atoms. The number of nitro groups is 1. The molecular formula is C18H26N4O4. The van der Waals surface area contributed by atoms with Crippen LogP contribution in [-0.2, 0) is 4.79 Å². The molecule has 0 aliphatic carbocycles. The van der Waals surface area contributed by atoms with Crippen LogP contribution in [-0.4, -0.2) is 54.9 Å². The highest BCUT2D eigenvalue weighted by molar-refractivity contribution is 6.00. The fourth-order valence-corrected chi connectivity index (χ4v) is 3.07. The fraction of sp³-hybridized carbons (Fsp3) is 0.556. The molecule has 2 amide bonds. The van der Waals surface area contributed by atoms with E-state index in [0.717, 1.165) is 6.42 Å². The number of carbonyl (C=O) groups is 2. The lowest BCUT2D eigenvalue weighted by Crippen LogP contribution is -2.41. The van der Waals surface area contributed by atoms with Gasteiger partial charge in [-0.1, -0.05) is 20.8 Å². The van der Waals surface area contributed by atoms with Crippen molar-refractivity contribution in [1.29, 1.82) is 0 Å². The van der Waals surface area contributed by atoms with Crippen LogP contribution in [0.5, 0.6) is 0 Å². The number of hydrogen-bond acceptors (Lipinski definition) is 5. The largest absolute Gasteiger partial charge is 0.369 e. The average Bonchev–Trinajstić information content (AvgIpc) is 2.84. The summed E-state index contributed by atoms with van der Waals surface area (Å²) in [5, 5.41) is 13.6. The summed E-state index contributed by atoms with van der Waals surface area (Å²) in [4.78, 5) is 39.1. The van der Waals surface area contributed by atoms with Crippen LogP contribution in [0.2, 0.25) is 0 Å². The fourth-order valence-electron chi connectivity index (χ4n) is 3.07. The van der Waals surface area contributed by atoms with Crippen LogP contribution in [0.1, 0.15) is 37.6 Å². The highest BCUT2D eigenvalue weighted by Crippen LogP contribution is 2.27. The number of non-ortho nitro benzene ring substituents is 1. The molecule has 1 aliphatic rings. The van der Waals surface area contributed by atoms with Crippen LogP contribution >= 0.6 is 0 Å². The summed E-state index contributed by atoms with van der Waals surface area (Å²) in [6.45, 7) is 8.17. The lowest BCUT2D eigenvalue weighted by molar-refractivity contribution is -0.384. The second-order valence-corrected chi connectivity index (χ2v) is 7.42. The van der Waals surface area contributed by atoms with E-state index in [1.807, 2.05) is 30.6 Å². The van der Waals surface area contributed by atoms with Gasteiger partial charge in [0.15, 0.2) is 0 Å². The van der Waals surface area contributed by atoms with Gasteiger partial charge in [0.2, 0.25) is 5.91 Å². The third-order valence-electron chi connectivity index (χ3n) is 4.43. The van der Waals surface area contributed by atoms with Crippen molar-refractivity contribution < 1.29 is 14.5 Å². The van der Waals surface area contributed by atoms with Crippen molar-refractivity contribution in [2.45, 2.75) is 27.2 Å². The van der Waals surface area contributed by atoms with Crippen LogP contribution in [0.3, 0.4) is 0 Å². The molecular weight excluding hydrogens is 336 g/mol. The molecule has 1 heterocycles. The van der Waals surface area contributed by atoms with Crippen LogP contribution in [0.25, 0.3) is 0 Å². The predicted molar refractivity (Wildman–Crippen MR) is 99.4 cm³/mol. The van der Waals surface area contributed by atoms with Crippen LogP contribution in [0.4, 0.5) is 11.4 Å². The zero-order valence-corrected chi connectivity index (χ0v) is 15.7. The summed E-state index contributed by atoms with van der Waals surface area (Å²) < 4.78 is 0. The molecule has 1 fully saturated rings. The number of nitrogens with one attached hydrogen (secondary N) is 1. The Balaban J connectivity index is 2.27. The molecule has 142 valence electrons. The Morgan fingerprint density at radius 1 is 1.15 bits per heavy atom. The molecule has 0 radical (unpaired) electrons. The molecule has 1 aromatic carbocycles. The molecule has 1 aromatic rings. The zero-order valence-electron chi connectivity index (χ0n) is 15.7. The van der Waals surface area contributed by atoms with Gasteiger partial charge < -0.3 is 15.1 Å². The highest BCUT2D eigenvalue weighted by atomic mass is 16.6. The predicted octanol–water partition coefficient (Wildman–Crippen LogP) is 2.04. The third-order valence-corrected chi connectivity index (χ3v) is 4.43.